The average Bonchev–Trinajstić information content (AvgIpc) is 2.33. The number of nitrogens with zero attached hydrogens (tertiary/aromatic N) is 1. The molecule has 1 aliphatic rings. The third-order valence-corrected chi connectivity index (χ3v) is 2.76. The number of hydrogen-bond donors (Lipinski definition) is 2. The van der Waals surface area contributed by atoms with Crippen LogP contribution in [0, 0.1) is 0 Å². The SMILES string of the molecule is CCc1cc(NC2CCC(=O)NC2=O)ccn1. The average molecular weight is 233 g/mol. The van der Waals surface area contributed by atoms with Crippen LogP contribution in [0.1, 0.15) is 25.5 Å². The molecule has 0 radical (unpaired) electrons. The minimum Gasteiger partial charge on any atom is -0.374 e. The summed E-state index contributed by atoms with van der Waals surface area (Å²) in [6, 6.07) is 3.41. The van der Waals surface area contributed by atoms with Gasteiger partial charge in [0, 0.05) is 24.0 Å². The van der Waals surface area contributed by atoms with E-state index in [1.807, 2.05) is 19.1 Å². The monoisotopic (exact) mass is 233 g/mol. The Bertz CT molecular complexity index is 445. The minimum atomic E-state index is -0.334. The van der Waals surface area contributed by atoms with Crippen LogP contribution in [0.25, 0.3) is 0 Å². The molecule has 0 spiro atoms. The van der Waals surface area contributed by atoms with Crippen LogP contribution in [0.2, 0.25) is 0 Å². The van der Waals surface area contributed by atoms with Crippen molar-refractivity contribution in [2.75, 3.05) is 5.32 Å². The first-order valence-corrected chi connectivity index (χ1v) is 5.74. The van der Waals surface area contributed by atoms with Crippen LogP contribution in [0.3, 0.4) is 0 Å². The second-order valence-electron chi connectivity index (χ2n) is 4.04. The zero-order chi connectivity index (χ0) is 12.3. The van der Waals surface area contributed by atoms with E-state index >= 15 is 0 Å². The lowest BCUT2D eigenvalue weighted by Gasteiger charge is -2.22. The molecule has 1 aromatic rings. The van der Waals surface area contributed by atoms with Crippen molar-refractivity contribution < 1.29 is 9.59 Å². The van der Waals surface area contributed by atoms with E-state index in [0.29, 0.717) is 12.8 Å². The lowest BCUT2D eigenvalue weighted by molar-refractivity contribution is -0.133. The molecule has 5 nitrogen and oxygen atoms in total. The third kappa shape index (κ3) is 2.81. The Labute approximate surface area is 99.6 Å². The fraction of sp³-hybridized carbons (Fsp3) is 0.417. The molecule has 1 aromatic heterocycles. The summed E-state index contributed by atoms with van der Waals surface area (Å²) in [7, 11) is 0. The van der Waals surface area contributed by atoms with Crippen LogP contribution >= 0.6 is 0 Å². The summed E-state index contributed by atoms with van der Waals surface area (Å²) >= 11 is 0. The Morgan fingerprint density at radius 3 is 3.06 bits per heavy atom. The molecule has 1 aliphatic heterocycles. The molecule has 0 bridgehead atoms. The van der Waals surface area contributed by atoms with E-state index < -0.39 is 0 Å². The molecule has 2 N–H and O–H groups in total. The van der Waals surface area contributed by atoms with Crippen molar-refractivity contribution in [2.24, 2.45) is 0 Å². The maximum absolute atomic E-state index is 11.6. The second kappa shape index (κ2) is 4.95. The van der Waals surface area contributed by atoms with Gasteiger partial charge in [-0.05, 0) is 25.0 Å². The standard InChI is InChI=1S/C12H15N3O2/c1-2-8-7-9(5-6-13-8)14-10-3-4-11(16)15-12(10)17/h5-7,10H,2-4H2,1H3,(H,13,14)(H,15,16,17). The smallest absolute Gasteiger partial charge is 0.249 e. The fourth-order valence-electron chi connectivity index (χ4n) is 1.79. The summed E-state index contributed by atoms with van der Waals surface area (Å²) < 4.78 is 0. The highest BCUT2D eigenvalue weighted by atomic mass is 16.2. The normalized spacial score (nSPS) is 19.9. The topological polar surface area (TPSA) is 71.1 Å². The molecular weight excluding hydrogens is 218 g/mol. The number of rotatable bonds is 3. The molecule has 1 saturated heterocycles. The van der Waals surface area contributed by atoms with Gasteiger partial charge < -0.3 is 5.32 Å². The van der Waals surface area contributed by atoms with Crippen LogP contribution in [0.5, 0.6) is 0 Å². The number of anilines is 1. The van der Waals surface area contributed by atoms with Gasteiger partial charge in [-0.3, -0.25) is 19.9 Å². The lowest BCUT2D eigenvalue weighted by atomic mass is 10.1. The van der Waals surface area contributed by atoms with Crippen LogP contribution in [-0.2, 0) is 16.0 Å². The van der Waals surface area contributed by atoms with Crippen molar-refractivity contribution in [1.82, 2.24) is 10.3 Å². The highest BCUT2D eigenvalue weighted by Crippen LogP contribution is 2.14. The van der Waals surface area contributed by atoms with Crippen molar-refractivity contribution in [3.8, 4) is 0 Å². The first kappa shape index (κ1) is 11.6. The maximum Gasteiger partial charge on any atom is 0.249 e. The number of piperidine rings is 1. The first-order valence-electron chi connectivity index (χ1n) is 5.74. The van der Waals surface area contributed by atoms with E-state index in [0.717, 1.165) is 17.8 Å². The quantitative estimate of drug-likeness (QED) is 0.760. The van der Waals surface area contributed by atoms with Crippen molar-refractivity contribution >= 4 is 17.5 Å². The zero-order valence-corrected chi connectivity index (χ0v) is 9.69. The van der Waals surface area contributed by atoms with E-state index in [-0.39, 0.29) is 17.9 Å². The summed E-state index contributed by atoms with van der Waals surface area (Å²) in [6.45, 7) is 2.03. The van der Waals surface area contributed by atoms with Crippen LogP contribution in [-0.4, -0.2) is 22.8 Å². The van der Waals surface area contributed by atoms with E-state index in [2.05, 4.69) is 15.6 Å². The number of aryl methyl sites for hydroxylation is 1. The van der Waals surface area contributed by atoms with Gasteiger partial charge in [0.15, 0.2) is 0 Å². The van der Waals surface area contributed by atoms with E-state index in [9.17, 15) is 9.59 Å². The van der Waals surface area contributed by atoms with Gasteiger partial charge in [-0.2, -0.15) is 0 Å². The molecule has 1 unspecified atom stereocenters. The third-order valence-electron chi connectivity index (χ3n) is 2.76. The molecule has 1 fully saturated rings. The summed E-state index contributed by atoms with van der Waals surface area (Å²) in [5, 5.41) is 5.44. The van der Waals surface area contributed by atoms with Crippen molar-refractivity contribution in [2.45, 2.75) is 32.2 Å². The minimum absolute atomic E-state index is 0.197. The molecule has 90 valence electrons. The Kier molecular flexibility index (Phi) is 3.37. The van der Waals surface area contributed by atoms with Crippen molar-refractivity contribution in [3.63, 3.8) is 0 Å². The molecule has 0 aromatic carbocycles. The summed E-state index contributed by atoms with van der Waals surface area (Å²) in [4.78, 5) is 26.7. The van der Waals surface area contributed by atoms with Crippen LogP contribution < -0.4 is 10.6 Å². The number of pyridine rings is 1. The number of amides is 2. The first-order chi connectivity index (χ1) is 8.19. The predicted molar refractivity (Wildman–Crippen MR) is 63.4 cm³/mol. The zero-order valence-electron chi connectivity index (χ0n) is 9.69. The van der Waals surface area contributed by atoms with Crippen molar-refractivity contribution in [1.29, 1.82) is 0 Å². The highest BCUT2D eigenvalue weighted by molar-refractivity contribution is 6.01. The predicted octanol–water partition coefficient (Wildman–Crippen LogP) is 0.861. The molecule has 2 heterocycles. The number of hydrogen-bond acceptors (Lipinski definition) is 4. The Balaban J connectivity index is 2.05. The highest BCUT2D eigenvalue weighted by Gasteiger charge is 2.26. The Hall–Kier alpha value is -1.91. The number of nitrogens with one attached hydrogen (secondary N) is 2. The summed E-state index contributed by atoms with van der Waals surface area (Å²) in [6.07, 6.45) is 3.49. The van der Waals surface area contributed by atoms with Crippen LogP contribution in [0.4, 0.5) is 5.69 Å². The lowest BCUT2D eigenvalue weighted by Crippen LogP contribution is -2.47. The van der Waals surface area contributed by atoms with Gasteiger partial charge in [0.1, 0.15) is 6.04 Å². The van der Waals surface area contributed by atoms with Gasteiger partial charge in [-0.15, -0.1) is 0 Å². The van der Waals surface area contributed by atoms with E-state index in [1.54, 1.807) is 6.20 Å². The van der Waals surface area contributed by atoms with E-state index in [4.69, 9.17) is 0 Å². The molecule has 2 amide bonds. The maximum atomic E-state index is 11.6. The largest absolute Gasteiger partial charge is 0.374 e. The van der Waals surface area contributed by atoms with Crippen molar-refractivity contribution in [3.05, 3.63) is 24.0 Å². The molecule has 17 heavy (non-hydrogen) atoms. The summed E-state index contributed by atoms with van der Waals surface area (Å²) in [5.41, 5.74) is 1.84. The fourth-order valence-corrected chi connectivity index (χ4v) is 1.79. The number of imide groups is 1. The van der Waals surface area contributed by atoms with Gasteiger partial charge in [0.05, 0.1) is 0 Å². The van der Waals surface area contributed by atoms with Crippen LogP contribution in [0.15, 0.2) is 18.3 Å². The molecule has 0 saturated carbocycles. The molecular formula is C12H15N3O2. The van der Waals surface area contributed by atoms with Gasteiger partial charge in [0.2, 0.25) is 11.8 Å². The van der Waals surface area contributed by atoms with Gasteiger partial charge in [-0.1, -0.05) is 6.92 Å². The number of carbonyl (C=O) groups is 2. The van der Waals surface area contributed by atoms with Gasteiger partial charge in [-0.25, -0.2) is 0 Å². The summed E-state index contributed by atoms with van der Waals surface area (Å²) in [5.74, 6) is -0.451. The Morgan fingerprint density at radius 1 is 1.53 bits per heavy atom. The van der Waals surface area contributed by atoms with E-state index in [1.165, 1.54) is 0 Å². The van der Waals surface area contributed by atoms with Gasteiger partial charge >= 0.3 is 0 Å². The molecule has 0 aliphatic carbocycles. The molecule has 2 rings (SSSR count). The Morgan fingerprint density at radius 2 is 2.35 bits per heavy atom. The number of aromatic nitrogens is 1. The second-order valence-corrected chi connectivity index (χ2v) is 4.04. The number of carbonyl (C=O) groups excluding carboxylic acids is 2. The molecule has 5 heteroatoms. The molecule has 1 atom stereocenters. The van der Waals surface area contributed by atoms with Gasteiger partial charge in [0.25, 0.3) is 0 Å².